The second-order valence-electron chi connectivity index (χ2n) is 3.27. The summed E-state index contributed by atoms with van der Waals surface area (Å²) in [5, 5.41) is 14.7. The first-order valence-electron chi connectivity index (χ1n) is 4.91. The Kier molecular flexibility index (Phi) is 3.52. The molecule has 0 fully saturated rings. The molecule has 2 N–H and O–H groups in total. The van der Waals surface area contributed by atoms with Gasteiger partial charge in [0.25, 0.3) is 0 Å². The first-order chi connectivity index (χ1) is 8.25. The zero-order valence-electron chi connectivity index (χ0n) is 8.83. The van der Waals surface area contributed by atoms with Crippen LogP contribution in [0.15, 0.2) is 46.9 Å². The van der Waals surface area contributed by atoms with E-state index in [1.54, 1.807) is 29.7 Å². The second-order valence-corrected chi connectivity index (χ2v) is 4.25. The molecule has 0 amide bonds. The number of carboxylic acids is 1. The molecule has 0 bridgehead atoms. The van der Waals surface area contributed by atoms with Gasteiger partial charge in [0.2, 0.25) is 0 Å². The highest BCUT2D eigenvalue weighted by atomic mass is 32.1. The van der Waals surface area contributed by atoms with E-state index in [9.17, 15) is 4.79 Å². The maximum absolute atomic E-state index is 10.6. The molecular weight excluding hydrogens is 236 g/mol. The molecule has 4 nitrogen and oxygen atoms in total. The Labute approximate surface area is 102 Å². The highest BCUT2D eigenvalue weighted by molar-refractivity contribution is 7.11. The third-order valence-corrected chi connectivity index (χ3v) is 2.87. The van der Waals surface area contributed by atoms with Gasteiger partial charge in [-0.25, -0.2) is 4.79 Å². The third kappa shape index (κ3) is 3.15. The molecule has 0 aliphatic rings. The Morgan fingerprint density at radius 1 is 1.29 bits per heavy atom. The number of nitrogens with one attached hydrogen (secondary N) is 1. The summed E-state index contributed by atoms with van der Waals surface area (Å²) in [5.74, 6) is -0.932. The summed E-state index contributed by atoms with van der Waals surface area (Å²) in [6.45, 7) is 0. The van der Waals surface area contributed by atoms with Gasteiger partial charge in [0.15, 0.2) is 0 Å². The van der Waals surface area contributed by atoms with E-state index in [0.29, 0.717) is 0 Å². The maximum Gasteiger partial charge on any atom is 0.335 e. The van der Waals surface area contributed by atoms with Crippen LogP contribution < -0.4 is 5.43 Å². The average molecular weight is 246 g/mol. The third-order valence-electron chi connectivity index (χ3n) is 2.06. The van der Waals surface area contributed by atoms with E-state index < -0.39 is 5.97 Å². The van der Waals surface area contributed by atoms with Gasteiger partial charge in [0.1, 0.15) is 0 Å². The van der Waals surface area contributed by atoms with Crippen molar-refractivity contribution in [3.63, 3.8) is 0 Å². The molecule has 0 radical (unpaired) electrons. The number of hydrogen-bond acceptors (Lipinski definition) is 4. The van der Waals surface area contributed by atoms with Gasteiger partial charge in [-0.2, -0.15) is 5.10 Å². The summed E-state index contributed by atoms with van der Waals surface area (Å²) in [6.07, 6.45) is 1.72. The van der Waals surface area contributed by atoms with E-state index in [0.717, 1.165) is 10.6 Å². The van der Waals surface area contributed by atoms with Gasteiger partial charge < -0.3 is 5.11 Å². The summed E-state index contributed by atoms with van der Waals surface area (Å²) in [5.41, 5.74) is 3.85. The number of hydrogen-bond donors (Lipinski definition) is 2. The van der Waals surface area contributed by atoms with Crippen LogP contribution in [0.2, 0.25) is 0 Å². The van der Waals surface area contributed by atoms with Crippen LogP contribution in [0.1, 0.15) is 15.2 Å². The number of thiophene rings is 1. The van der Waals surface area contributed by atoms with Crippen LogP contribution in [-0.2, 0) is 0 Å². The maximum atomic E-state index is 10.6. The summed E-state index contributed by atoms with van der Waals surface area (Å²) in [4.78, 5) is 11.7. The Hall–Kier alpha value is -2.14. The van der Waals surface area contributed by atoms with Crippen molar-refractivity contribution < 1.29 is 9.90 Å². The molecule has 2 rings (SSSR count). The van der Waals surface area contributed by atoms with Gasteiger partial charge in [0.05, 0.1) is 17.5 Å². The van der Waals surface area contributed by atoms with Crippen LogP contribution >= 0.6 is 11.3 Å². The molecule has 1 aromatic carbocycles. The van der Waals surface area contributed by atoms with Crippen molar-refractivity contribution in [1.82, 2.24) is 0 Å². The molecule has 2 aromatic rings. The number of nitrogens with zero attached hydrogens (tertiary/aromatic N) is 1. The summed E-state index contributed by atoms with van der Waals surface area (Å²) in [7, 11) is 0. The lowest BCUT2D eigenvalue weighted by Gasteiger charge is -1.99. The highest BCUT2D eigenvalue weighted by Crippen LogP contribution is 2.10. The molecule has 0 aliphatic carbocycles. The van der Waals surface area contributed by atoms with Crippen molar-refractivity contribution in [3.8, 4) is 0 Å². The molecule has 0 spiro atoms. The Morgan fingerprint density at radius 2 is 2.06 bits per heavy atom. The Morgan fingerprint density at radius 3 is 2.65 bits per heavy atom. The fourth-order valence-corrected chi connectivity index (χ4v) is 1.81. The van der Waals surface area contributed by atoms with E-state index in [2.05, 4.69) is 10.5 Å². The smallest absolute Gasteiger partial charge is 0.335 e. The second kappa shape index (κ2) is 5.27. The summed E-state index contributed by atoms with van der Waals surface area (Å²) < 4.78 is 0. The molecule has 86 valence electrons. The molecule has 1 aromatic heterocycles. The van der Waals surface area contributed by atoms with Gasteiger partial charge in [-0.15, -0.1) is 11.3 Å². The number of benzene rings is 1. The Bertz CT molecular complexity index is 518. The normalized spacial score (nSPS) is 10.6. The predicted octanol–water partition coefficient (Wildman–Crippen LogP) is 2.89. The standard InChI is InChI=1S/C12H10N2O2S/c15-12(16)9-3-5-10(6-4-9)14-13-8-11-2-1-7-17-11/h1-8,14H,(H,15,16)/b13-8-. The Balaban J connectivity index is 1.97. The topological polar surface area (TPSA) is 61.7 Å². The minimum Gasteiger partial charge on any atom is -0.478 e. The molecule has 17 heavy (non-hydrogen) atoms. The fourth-order valence-electron chi connectivity index (χ4n) is 1.22. The molecule has 0 saturated carbocycles. The number of aromatic carboxylic acids is 1. The zero-order valence-corrected chi connectivity index (χ0v) is 9.65. The molecule has 0 unspecified atom stereocenters. The first kappa shape index (κ1) is 11.3. The van der Waals surface area contributed by atoms with Crippen molar-refractivity contribution >= 4 is 29.2 Å². The first-order valence-corrected chi connectivity index (χ1v) is 5.79. The lowest BCUT2D eigenvalue weighted by atomic mass is 10.2. The van der Waals surface area contributed by atoms with E-state index in [-0.39, 0.29) is 5.56 Å². The quantitative estimate of drug-likeness (QED) is 0.644. The average Bonchev–Trinajstić information content (AvgIpc) is 2.83. The fraction of sp³-hybridized carbons (Fsp3) is 0. The molecule has 0 saturated heterocycles. The highest BCUT2D eigenvalue weighted by Gasteiger charge is 2.00. The van der Waals surface area contributed by atoms with Crippen molar-refractivity contribution in [1.29, 1.82) is 0 Å². The molecule has 1 heterocycles. The van der Waals surface area contributed by atoms with Gasteiger partial charge in [-0.1, -0.05) is 6.07 Å². The van der Waals surface area contributed by atoms with Crippen LogP contribution in [0.5, 0.6) is 0 Å². The van der Waals surface area contributed by atoms with Crippen LogP contribution in [0.4, 0.5) is 5.69 Å². The molecule has 0 atom stereocenters. The molecule has 0 aliphatic heterocycles. The van der Waals surface area contributed by atoms with Crippen LogP contribution in [0.3, 0.4) is 0 Å². The number of carbonyl (C=O) groups is 1. The van der Waals surface area contributed by atoms with E-state index in [1.165, 1.54) is 12.1 Å². The van der Waals surface area contributed by atoms with E-state index in [1.807, 2.05) is 17.5 Å². The number of rotatable bonds is 4. The van der Waals surface area contributed by atoms with Crippen LogP contribution in [-0.4, -0.2) is 17.3 Å². The van der Waals surface area contributed by atoms with E-state index in [4.69, 9.17) is 5.11 Å². The summed E-state index contributed by atoms with van der Waals surface area (Å²) in [6, 6.07) is 10.3. The zero-order chi connectivity index (χ0) is 12.1. The van der Waals surface area contributed by atoms with Crippen LogP contribution in [0.25, 0.3) is 0 Å². The van der Waals surface area contributed by atoms with Crippen molar-refractivity contribution in [2.24, 2.45) is 5.10 Å². The largest absolute Gasteiger partial charge is 0.478 e. The lowest BCUT2D eigenvalue weighted by molar-refractivity contribution is 0.0697. The monoisotopic (exact) mass is 246 g/mol. The van der Waals surface area contributed by atoms with E-state index >= 15 is 0 Å². The predicted molar refractivity (Wildman–Crippen MR) is 68.9 cm³/mol. The molecular formula is C12H10N2O2S. The van der Waals surface area contributed by atoms with Crippen molar-refractivity contribution in [3.05, 3.63) is 52.2 Å². The summed E-state index contributed by atoms with van der Waals surface area (Å²) >= 11 is 1.60. The number of hydrazone groups is 1. The lowest BCUT2D eigenvalue weighted by Crippen LogP contribution is -1.96. The van der Waals surface area contributed by atoms with Crippen molar-refractivity contribution in [2.45, 2.75) is 0 Å². The molecule has 5 heteroatoms. The number of anilines is 1. The van der Waals surface area contributed by atoms with Gasteiger partial charge in [-0.3, -0.25) is 5.43 Å². The minimum absolute atomic E-state index is 0.262. The van der Waals surface area contributed by atoms with Gasteiger partial charge >= 0.3 is 5.97 Å². The van der Waals surface area contributed by atoms with Crippen molar-refractivity contribution in [2.75, 3.05) is 5.43 Å². The minimum atomic E-state index is -0.932. The van der Waals surface area contributed by atoms with Gasteiger partial charge in [0, 0.05) is 4.88 Å². The SMILES string of the molecule is O=C(O)c1ccc(N/N=C\c2cccs2)cc1. The number of carboxylic acid groups (broad SMARTS) is 1. The van der Waals surface area contributed by atoms with Gasteiger partial charge in [-0.05, 0) is 35.7 Å². The van der Waals surface area contributed by atoms with Crippen LogP contribution in [0, 0.1) is 0 Å².